The maximum Gasteiger partial charge on any atom is 0.182 e. The molecule has 0 aliphatic heterocycles. The van der Waals surface area contributed by atoms with Gasteiger partial charge in [0.2, 0.25) is 0 Å². The maximum absolute atomic E-state index is 10.1. The zero-order chi connectivity index (χ0) is 18.9. The molecule has 0 spiro atoms. The first-order chi connectivity index (χ1) is 12.5. The fourth-order valence-corrected chi connectivity index (χ4v) is 2.71. The normalized spacial score (nSPS) is 13.6. The monoisotopic (exact) mass is 360 g/mol. The van der Waals surface area contributed by atoms with Crippen LogP contribution in [0.1, 0.15) is 36.3 Å². The molecule has 0 saturated heterocycles. The summed E-state index contributed by atoms with van der Waals surface area (Å²) in [4.78, 5) is 3.99. The van der Waals surface area contributed by atoms with Crippen molar-refractivity contribution in [2.24, 2.45) is 0 Å². The molecule has 0 aliphatic rings. The summed E-state index contributed by atoms with van der Waals surface area (Å²) in [6.07, 6.45) is 2.56. The van der Waals surface area contributed by atoms with Crippen molar-refractivity contribution >= 4 is 0 Å². The molecule has 0 radical (unpaired) electrons. The van der Waals surface area contributed by atoms with E-state index in [1.54, 1.807) is 6.92 Å². The van der Waals surface area contributed by atoms with Crippen molar-refractivity contribution in [3.05, 3.63) is 59.4 Å². The van der Waals surface area contributed by atoms with E-state index in [0.717, 1.165) is 12.8 Å². The molecular weight excluding hydrogens is 332 g/mol. The lowest BCUT2D eigenvalue weighted by molar-refractivity contribution is -0.0452. The van der Waals surface area contributed by atoms with Crippen LogP contribution in [0.3, 0.4) is 0 Å². The van der Waals surface area contributed by atoms with Crippen LogP contribution in [0.4, 0.5) is 0 Å². The van der Waals surface area contributed by atoms with Gasteiger partial charge in [-0.3, -0.25) is 4.98 Å². The van der Waals surface area contributed by atoms with Crippen LogP contribution in [0.15, 0.2) is 42.7 Å². The van der Waals surface area contributed by atoms with Crippen LogP contribution in [-0.2, 0) is 6.42 Å². The Labute approximate surface area is 154 Å². The summed E-state index contributed by atoms with van der Waals surface area (Å²) >= 11 is 0. The molecule has 1 aromatic heterocycles. The van der Waals surface area contributed by atoms with Gasteiger partial charge in [-0.15, -0.1) is 0 Å². The second kappa shape index (κ2) is 10.2. The third-order valence-corrected chi connectivity index (χ3v) is 4.25. The number of nitrogens with one attached hydrogen (secondary N) is 1. The number of hydrogen-bond acceptors (Lipinski definition) is 6. The van der Waals surface area contributed by atoms with Crippen molar-refractivity contribution in [1.82, 2.24) is 10.3 Å². The Bertz CT molecular complexity index is 664. The summed E-state index contributed by atoms with van der Waals surface area (Å²) in [5.41, 5.74) is 2.20. The van der Waals surface area contributed by atoms with E-state index in [0.29, 0.717) is 12.1 Å². The summed E-state index contributed by atoms with van der Waals surface area (Å²) in [7, 11) is 0. The number of hydrogen-bond donors (Lipinski definition) is 4. The number of aliphatic hydroxyl groups is 3. The molecule has 0 saturated carbocycles. The second-order valence-electron chi connectivity index (χ2n) is 6.54. The van der Waals surface area contributed by atoms with Crippen molar-refractivity contribution < 1.29 is 20.1 Å². The van der Waals surface area contributed by atoms with Crippen molar-refractivity contribution in [2.45, 2.75) is 45.1 Å². The van der Waals surface area contributed by atoms with Crippen LogP contribution >= 0.6 is 0 Å². The number of rotatable bonds is 10. The van der Waals surface area contributed by atoms with Gasteiger partial charge in [-0.25, -0.2) is 0 Å². The van der Waals surface area contributed by atoms with Crippen LogP contribution < -0.4 is 10.1 Å². The quantitative estimate of drug-likeness (QED) is 0.482. The van der Waals surface area contributed by atoms with E-state index < -0.39 is 12.4 Å². The van der Waals surface area contributed by atoms with Gasteiger partial charge in [0, 0.05) is 18.8 Å². The van der Waals surface area contributed by atoms with E-state index in [4.69, 9.17) is 4.74 Å². The molecule has 4 N–H and O–H groups in total. The minimum Gasteiger partial charge on any atom is -0.489 e. The standard InChI is InChI=1S/C20H28N2O4/c1-14-10-21-12-18(19(14)20(24)25)26-13-17(23)11-22-15(2)8-9-16-6-4-3-5-7-16/h3-7,10,12,15,17,20,22-25H,8-9,11,13H2,1-2H3. The van der Waals surface area contributed by atoms with Gasteiger partial charge in [0.25, 0.3) is 0 Å². The van der Waals surface area contributed by atoms with E-state index in [1.807, 2.05) is 18.2 Å². The molecule has 0 bridgehead atoms. The zero-order valence-corrected chi connectivity index (χ0v) is 15.3. The van der Waals surface area contributed by atoms with E-state index in [1.165, 1.54) is 18.0 Å². The molecule has 2 atom stereocenters. The van der Waals surface area contributed by atoms with Crippen molar-refractivity contribution in [1.29, 1.82) is 0 Å². The van der Waals surface area contributed by atoms with Gasteiger partial charge in [0.15, 0.2) is 6.29 Å². The molecule has 6 heteroatoms. The third-order valence-electron chi connectivity index (χ3n) is 4.25. The summed E-state index contributed by atoms with van der Waals surface area (Å²) in [5, 5.41) is 32.3. The molecular formula is C20H28N2O4. The van der Waals surface area contributed by atoms with Gasteiger partial charge >= 0.3 is 0 Å². The number of aryl methyl sites for hydroxylation is 2. The van der Waals surface area contributed by atoms with E-state index in [2.05, 4.69) is 29.4 Å². The number of benzene rings is 1. The largest absolute Gasteiger partial charge is 0.489 e. The number of aromatic nitrogens is 1. The lowest BCUT2D eigenvalue weighted by atomic mass is 10.1. The predicted octanol–water partition coefficient (Wildman–Crippen LogP) is 1.72. The maximum atomic E-state index is 10.1. The van der Waals surface area contributed by atoms with Gasteiger partial charge < -0.3 is 25.4 Å². The molecule has 0 amide bonds. The first-order valence-electron chi connectivity index (χ1n) is 8.86. The molecule has 1 aromatic carbocycles. The summed E-state index contributed by atoms with van der Waals surface area (Å²) in [5.74, 6) is 0.274. The highest BCUT2D eigenvalue weighted by atomic mass is 16.5. The Balaban J connectivity index is 1.74. The Morgan fingerprint density at radius 1 is 1.12 bits per heavy atom. The number of ether oxygens (including phenoxy) is 1. The Hall–Kier alpha value is -1.99. The lowest BCUT2D eigenvalue weighted by Crippen LogP contribution is -2.36. The summed E-state index contributed by atoms with van der Waals surface area (Å²) in [6.45, 7) is 4.25. The molecule has 26 heavy (non-hydrogen) atoms. The smallest absolute Gasteiger partial charge is 0.182 e. The topological polar surface area (TPSA) is 94.8 Å². The molecule has 2 aromatic rings. The van der Waals surface area contributed by atoms with Crippen molar-refractivity contribution in [3.63, 3.8) is 0 Å². The third kappa shape index (κ3) is 6.38. The minimum absolute atomic E-state index is 0.0449. The predicted molar refractivity (Wildman–Crippen MR) is 99.9 cm³/mol. The molecule has 1 heterocycles. The van der Waals surface area contributed by atoms with Crippen molar-refractivity contribution in [3.8, 4) is 5.75 Å². The van der Waals surface area contributed by atoms with Crippen molar-refractivity contribution in [2.75, 3.05) is 13.2 Å². The highest BCUT2D eigenvalue weighted by molar-refractivity contribution is 5.37. The van der Waals surface area contributed by atoms with E-state index >= 15 is 0 Å². The number of pyridine rings is 1. The Morgan fingerprint density at radius 3 is 2.54 bits per heavy atom. The summed E-state index contributed by atoms with van der Waals surface area (Å²) in [6, 6.07) is 10.6. The van der Waals surface area contributed by atoms with E-state index in [9.17, 15) is 15.3 Å². The van der Waals surface area contributed by atoms with Gasteiger partial charge in [-0.1, -0.05) is 30.3 Å². The molecule has 6 nitrogen and oxygen atoms in total. The van der Waals surface area contributed by atoms with Crippen LogP contribution in [0.25, 0.3) is 0 Å². The fourth-order valence-electron chi connectivity index (χ4n) is 2.71. The van der Waals surface area contributed by atoms with E-state index in [-0.39, 0.29) is 24.0 Å². The molecule has 142 valence electrons. The van der Waals surface area contributed by atoms with Crippen LogP contribution in [0.5, 0.6) is 5.75 Å². The van der Waals surface area contributed by atoms with Gasteiger partial charge in [0.05, 0.1) is 11.8 Å². The first-order valence-corrected chi connectivity index (χ1v) is 8.86. The van der Waals surface area contributed by atoms with Crippen LogP contribution in [-0.4, -0.2) is 45.6 Å². The Morgan fingerprint density at radius 2 is 1.85 bits per heavy atom. The Kier molecular flexibility index (Phi) is 8.00. The number of nitrogens with zero attached hydrogens (tertiary/aromatic N) is 1. The molecule has 2 rings (SSSR count). The highest BCUT2D eigenvalue weighted by Crippen LogP contribution is 2.26. The fraction of sp³-hybridized carbons (Fsp3) is 0.450. The van der Waals surface area contributed by atoms with Crippen LogP contribution in [0.2, 0.25) is 0 Å². The van der Waals surface area contributed by atoms with Gasteiger partial charge in [-0.05, 0) is 37.8 Å². The molecule has 0 aliphatic carbocycles. The first kappa shape index (κ1) is 20.3. The van der Waals surface area contributed by atoms with Gasteiger partial charge in [-0.2, -0.15) is 0 Å². The average Bonchev–Trinajstić information content (AvgIpc) is 2.63. The van der Waals surface area contributed by atoms with Gasteiger partial charge in [0.1, 0.15) is 18.5 Å². The highest BCUT2D eigenvalue weighted by Gasteiger charge is 2.16. The minimum atomic E-state index is -1.64. The second-order valence-corrected chi connectivity index (χ2v) is 6.54. The summed E-state index contributed by atoms with van der Waals surface area (Å²) < 4.78 is 5.53. The molecule has 0 fully saturated rings. The SMILES string of the molecule is Cc1cncc(OCC(O)CNC(C)CCc2ccccc2)c1C(O)O. The average molecular weight is 360 g/mol. The number of aliphatic hydroxyl groups excluding tert-OH is 2. The van der Waals surface area contributed by atoms with Crippen LogP contribution in [0, 0.1) is 6.92 Å². The lowest BCUT2D eigenvalue weighted by Gasteiger charge is -2.19. The molecule has 2 unspecified atom stereocenters. The zero-order valence-electron chi connectivity index (χ0n) is 15.3.